The van der Waals surface area contributed by atoms with Gasteiger partial charge in [0, 0.05) is 45.0 Å². The number of carbonyl (C=O) groups excluding carboxylic acids is 1. The highest BCUT2D eigenvalue weighted by atomic mass is 127. The van der Waals surface area contributed by atoms with Crippen molar-refractivity contribution in [2.45, 2.75) is 25.7 Å². The van der Waals surface area contributed by atoms with Gasteiger partial charge in [-0.2, -0.15) is 0 Å². The van der Waals surface area contributed by atoms with Crippen LogP contribution >= 0.6 is 24.0 Å². The molecule has 156 valence electrons. The van der Waals surface area contributed by atoms with E-state index in [-0.39, 0.29) is 29.9 Å². The lowest BCUT2D eigenvalue weighted by atomic mass is 10.1. The molecule has 1 N–H and O–H groups in total. The SMILES string of the molecule is CN(C)C(=O)c1cccc(CCN=C(Nc2ccccc2)N2CCCCC2)c1.I. The molecule has 0 atom stereocenters. The lowest BCUT2D eigenvalue weighted by Gasteiger charge is -2.30. The zero-order valence-electron chi connectivity index (χ0n) is 17.3. The highest BCUT2D eigenvalue weighted by Gasteiger charge is 2.15. The second kappa shape index (κ2) is 11.8. The summed E-state index contributed by atoms with van der Waals surface area (Å²) in [6.45, 7) is 2.78. The zero-order chi connectivity index (χ0) is 19.8. The zero-order valence-corrected chi connectivity index (χ0v) is 19.6. The van der Waals surface area contributed by atoms with Crippen molar-refractivity contribution in [3.05, 3.63) is 65.7 Å². The van der Waals surface area contributed by atoms with Crippen LogP contribution in [0.1, 0.15) is 35.2 Å². The minimum absolute atomic E-state index is 0. The van der Waals surface area contributed by atoms with Gasteiger partial charge in [-0.05, 0) is 55.5 Å². The predicted octanol–water partition coefficient (Wildman–Crippen LogP) is 4.50. The molecule has 3 rings (SSSR count). The molecule has 1 aliphatic rings. The van der Waals surface area contributed by atoms with Crippen molar-refractivity contribution in [1.29, 1.82) is 0 Å². The Kier molecular flexibility index (Phi) is 9.44. The van der Waals surface area contributed by atoms with Gasteiger partial charge in [0.2, 0.25) is 0 Å². The van der Waals surface area contributed by atoms with E-state index in [2.05, 4.69) is 28.4 Å². The standard InChI is InChI=1S/C23H30N4O.HI/c1-26(2)22(28)20-11-9-10-19(18-20)14-15-24-23(27-16-7-4-8-17-27)25-21-12-5-3-6-13-21;/h3,5-6,9-13,18H,4,7-8,14-17H2,1-2H3,(H,24,25);1H. The summed E-state index contributed by atoms with van der Waals surface area (Å²) in [5, 5.41) is 3.49. The molecule has 1 amide bonds. The third-order valence-corrected chi connectivity index (χ3v) is 4.93. The maximum absolute atomic E-state index is 12.2. The highest BCUT2D eigenvalue weighted by Crippen LogP contribution is 2.13. The molecular weight excluding hydrogens is 475 g/mol. The Morgan fingerprint density at radius 1 is 1.03 bits per heavy atom. The summed E-state index contributed by atoms with van der Waals surface area (Å²) >= 11 is 0. The van der Waals surface area contributed by atoms with E-state index in [0.29, 0.717) is 6.54 Å². The summed E-state index contributed by atoms with van der Waals surface area (Å²) in [6.07, 6.45) is 4.53. The van der Waals surface area contributed by atoms with Crippen LogP contribution in [0.5, 0.6) is 0 Å². The first-order chi connectivity index (χ1) is 13.6. The van der Waals surface area contributed by atoms with Gasteiger partial charge in [0.05, 0.1) is 0 Å². The van der Waals surface area contributed by atoms with Gasteiger partial charge in [-0.25, -0.2) is 0 Å². The van der Waals surface area contributed by atoms with Gasteiger partial charge in [0.15, 0.2) is 5.96 Å². The summed E-state index contributed by atoms with van der Waals surface area (Å²) in [7, 11) is 3.55. The van der Waals surface area contributed by atoms with Crippen molar-refractivity contribution in [2.75, 3.05) is 39.0 Å². The van der Waals surface area contributed by atoms with E-state index in [1.807, 2.05) is 36.4 Å². The van der Waals surface area contributed by atoms with E-state index in [9.17, 15) is 4.79 Å². The van der Waals surface area contributed by atoms with Crippen LogP contribution in [0.2, 0.25) is 0 Å². The normalized spacial score (nSPS) is 14.1. The van der Waals surface area contributed by atoms with Crippen LogP contribution in [0, 0.1) is 0 Å². The number of nitrogens with zero attached hydrogens (tertiary/aromatic N) is 3. The minimum Gasteiger partial charge on any atom is -0.345 e. The molecular formula is C23H31IN4O. The number of benzene rings is 2. The fourth-order valence-corrected chi connectivity index (χ4v) is 3.38. The van der Waals surface area contributed by atoms with Crippen molar-refractivity contribution in [3.63, 3.8) is 0 Å². The molecule has 5 nitrogen and oxygen atoms in total. The average molecular weight is 506 g/mol. The van der Waals surface area contributed by atoms with Crippen LogP contribution in [0.25, 0.3) is 0 Å². The number of rotatable bonds is 5. The van der Waals surface area contributed by atoms with Crippen molar-refractivity contribution in [2.24, 2.45) is 4.99 Å². The van der Waals surface area contributed by atoms with Gasteiger partial charge in [-0.3, -0.25) is 9.79 Å². The summed E-state index contributed by atoms with van der Waals surface area (Å²) in [5.74, 6) is 0.983. The molecule has 29 heavy (non-hydrogen) atoms. The first-order valence-corrected chi connectivity index (χ1v) is 10.1. The van der Waals surface area contributed by atoms with E-state index in [0.717, 1.165) is 42.3 Å². The van der Waals surface area contributed by atoms with Gasteiger partial charge in [-0.15, -0.1) is 24.0 Å². The first kappa shape index (κ1) is 23.2. The molecule has 6 heteroatoms. The van der Waals surface area contributed by atoms with Crippen LogP contribution in [0.3, 0.4) is 0 Å². The Bertz CT molecular complexity index is 802. The van der Waals surface area contributed by atoms with Crippen molar-refractivity contribution >= 4 is 41.5 Å². The number of carbonyl (C=O) groups is 1. The molecule has 2 aromatic rings. The Morgan fingerprint density at radius 3 is 2.45 bits per heavy atom. The maximum atomic E-state index is 12.2. The number of anilines is 1. The molecule has 1 heterocycles. The van der Waals surface area contributed by atoms with Crippen LogP contribution in [-0.4, -0.2) is 55.4 Å². The smallest absolute Gasteiger partial charge is 0.253 e. The van der Waals surface area contributed by atoms with Gasteiger partial charge < -0.3 is 15.1 Å². The molecule has 0 bridgehead atoms. The molecule has 0 radical (unpaired) electrons. The third-order valence-electron chi connectivity index (χ3n) is 4.93. The second-order valence-corrected chi connectivity index (χ2v) is 7.39. The fraction of sp³-hybridized carbons (Fsp3) is 0.391. The molecule has 1 fully saturated rings. The number of aliphatic imine (C=N–C) groups is 1. The number of hydrogen-bond acceptors (Lipinski definition) is 2. The number of halogens is 1. The van der Waals surface area contributed by atoms with Gasteiger partial charge in [0.1, 0.15) is 0 Å². The second-order valence-electron chi connectivity index (χ2n) is 7.39. The van der Waals surface area contributed by atoms with Crippen LogP contribution in [0.4, 0.5) is 5.69 Å². The molecule has 0 aliphatic carbocycles. The number of para-hydroxylation sites is 1. The molecule has 0 saturated carbocycles. The van der Waals surface area contributed by atoms with Crippen molar-refractivity contribution < 1.29 is 4.79 Å². The highest BCUT2D eigenvalue weighted by molar-refractivity contribution is 14.0. The van der Waals surface area contributed by atoms with Gasteiger partial charge in [-0.1, -0.05) is 30.3 Å². The van der Waals surface area contributed by atoms with E-state index in [1.54, 1.807) is 19.0 Å². The molecule has 0 spiro atoms. The molecule has 1 aliphatic heterocycles. The number of amides is 1. The van der Waals surface area contributed by atoms with E-state index in [1.165, 1.54) is 19.3 Å². The van der Waals surface area contributed by atoms with Crippen LogP contribution in [0.15, 0.2) is 59.6 Å². The number of piperidine rings is 1. The summed E-state index contributed by atoms with van der Waals surface area (Å²) in [4.78, 5) is 21.0. The van der Waals surface area contributed by atoms with Gasteiger partial charge in [0.25, 0.3) is 5.91 Å². The largest absolute Gasteiger partial charge is 0.345 e. The van der Waals surface area contributed by atoms with E-state index in [4.69, 9.17) is 4.99 Å². The Hall–Kier alpha value is -2.09. The maximum Gasteiger partial charge on any atom is 0.253 e. The van der Waals surface area contributed by atoms with E-state index >= 15 is 0 Å². The topological polar surface area (TPSA) is 47.9 Å². The molecule has 0 unspecified atom stereocenters. The Morgan fingerprint density at radius 2 is 1.76 bits per heavy atom. The van der Waals surface area contributed by atoms with E-state index < -0.39 is 0 Å². The quantitative estimate of drug-likeness (QED) is 0.369. The van der Waals surface area contributed by atoms with Crippen molar-refractivity contribution in [1.82, 2.24) is 9.80 Å². The number of nitrogens with one attached hydrogen (secondary N) is 1. The minimum atomic E-state index is 0. The number of guanidine groups is 1. The molecule has 2 aromatic carbocycles. The van der Waals surface area contributed by atoms with Crippen molar-refractivity contribution in [3.8, 4) is 0 Å². The van der Waals surface area contributed by atoms with Gasteiger partial charge >= 0.3 is 0 Å². The average Bonchev–Trinajstić information content (AvgIpc) is 2.74. The molecule has 1 saturated heterocycles. The fourth-order valence-electron chi connectivity index (χ4n) is 3.38. The first-order valence-electron chi connectivity index (χ1n) is 10.1. The lowest BCUT2D eigenvalue weighted by molar-refractivity contribution is 0.0827. The Balaban J connectivity index is 0.00000300. The Labute approximate surface area is 191 Å². The number of hydrogen-bond donors (Lipinski definition) is 1. The lowest BCUT2D eigenvalue weighted by Crippen LogP contribution is -2.40. The summed E-state index contributed by atoms with van der Waals surface area (Å²) in [6, 6.07) is 18.1. The number of likely N-dealkylation sites (tertiary alicyclic amines) is 1. The monoisotopic (exact) mass is 506 g/mol. The third kappa shape index (κ3) is 7.03. The molecule has 0 aromatic heterocycles. The van der Waals surface area contributed by atoms with Crippen LogP contribution in [-0.2, 0) is 6.42 Å². The van der Waals surface area contributed by atoms with Crippen LogP contribution < -0.4 is 5.32 Å². The summed E-state index contributed by atoms with van der Waals surface area (Å²) in [5.41, 5.74) is 2.92. The predicted molar refractivity (Wildman–Crippen MR) is 131 cm³/mol. The summed E-state index contributed by atoms with van der Waals surface area (Å²) < 4.78 is 0.